The van der Waals surface area contributed by atoms with Gasteiger partial charge in [-0.3, -0.25) is 9.62 Å². The van der Waals surface area contributed by atoms with Gasteiger partial charge in [0.25, 0.3) is 0 Å². The van der Waals surface area contributed by atoms with E-state index in [9.17, 15) is 18.3 Å². The van der Waals surface area contributed by atoms with E-state index in [1.165, 1.54) is 0 Å². The SMILES string of the molecule is CCCC1(CCC)OC(=O)N(CCC(C)(C)NCC(O)c2ccc(OCc3ccccc3)c(NS(C)(=O)=O)c2)c2ccccc21. The van der Waals surface area contributed by atoms with E-state index in [1.807, 2.05) is 62.4 Å². The Balaban J connectivity index is 1.42. The van der Waals surface area contributed by atoms with Gasteiger partial charge in [-0.25, -0.2) is 13.2 Å². The van der Waals surface area contributed by atoms with Gasteiger partial charge in [-0.1, -0.05) is 81.3 Å². The van der Waals surface area contributed by atoms with E-state index in [4.69, 9.17) is 9.47 Å². The molecule has 3 aromatic carbocycles. The maximum atomic E-state index is 13.4. The van der Waals surface area contributed by atoms with Crippen LogP contribution in [-0.4, -0.2) is 44.5 Å². The van der Waals surface area contributed by atoms with Crippen molar-refractivity contribution in [1.29, 1.82) is 0 Å². The van der Waals surface area contributed by atoms with Crippen molar-refractivity contribution in [2.24, 2.45) is 0 Å². The predicted octanol–water partition coefficient (Wildman–Crippen LogP) is 6.88. The van der Waals surface area contributed by atoms with E-state index >= 15 is 0 Å². The van der Waals surface area contributed by atoms with Gasteiger partial charge < -0.3 is 19.9 Å². The van der Waals surface area contributed by atoms with Gasteiger partial charge in [-0.2, -0.15) is 0 Å². The van der Waals surface area contributed by atoms with Crippen molar-refractivity contribution in [1.82, 2.24) is 5.32 Å². The summed E-state index contributed by atoms with van der Waals surface area (Å²) in [7, 11) is -3.59. The number of hydrogen-bond donors (Lipinski definition) is 3. The number of carbonyl (C=O) groups is 1. The number of cyclic esters (lactones) is 1. The molecular weight excluding hydrogens is 590 g/mol. The van der Waals surface area contributed by atoms with Crippen LogP contribution in [0.1, 0.15) is 82.6 Å². The highest BCUT2D eigenvalue weighted by Crippen LogP contribution is 2.45. The van der Waals surface area contributed by atoms with E-state index in [1.54, 1.807) is 23.1 Å². The summed E-state index contributed by atoms with van der Waals surface area (Å²) < 4.78 is 38.8. The highest BCUT2D eigenvalue weighted by atomic mass is 32.2. The number of aliphatic hydroxyl groups excluding tert-OH is 1. The van der Waals surface area contributed by atoms with Crippen LogP contribution in [0.15, 0.2) is 72.8 Å². The van der Waals surface area contributed by atoms with Crippen LogP contribution < -0.4 is 19.7 Å². The van der Waals surface area contributed by atoms with Crippen LogP contribution in [-0.2, 0) is 27.0 Å². The molecule has 0 bridgehead atoms. The monoisotopic (exact) mass is 637 g/mol. The summed E-state index contributed by atoms with van der Waals surface area (Å²) in [5.74, 6) is 0.365. The number of para-hydroxylation sites is 1. The summed E-state index contributed by atoms with van der Waals surface area (Å²) in [5.41, 5.74) is 2.65. The number of fused-ring (bicyclic) bond motifs is 1. The Morgan fingerprint density at radius 2 is 1.67 bits per heavy atom. The molecule has 4 rings (SSSR count). The maximum absolute atomic E-state index is 13.4. The topological polar surface area (TPSA) is 117 Å². The lowest BCUT2D eigenvalue weighted by Gasteiger charge is -2.43. The van der Waals surface area contributed by atoms with Crippen molar-refractivity contribution in [3.8, 4) is 5.75 Å². The molecular formula is C35H47N3O6S. The van der Waals surface area contributed by atoms with Crippen LogP contribution in [0.4, 0.5) is 16.2 Å². The molecule has 10 heteroatoms. The van der Waals surface area contributed by atoms with Crippen LogP contribution >= 0.6 is 0 Å². The number of ether oxygens (including phenoxy) is 2. The normalized spacial score (nSPS) is 15.2. The molecule has 1 heterocycles. The van der Waals surface area contributed by atoms with Crippen molar-refractivity contribution in [3.05, 3.63) is 89.5 Å². The molecule has 1 aliphatic rings. The molecule has 3 N–H and O–H groups in total. The zero-order chi connectivity index (χ0) is 32.7. The number of benzene rings is 3. The lowest BCUT2D eigenvalue weighted by atomic mass is 9.82. The number of carbonyl (C=O) groups excluding carboxylic acids is 1. The fraction of sp³-hybridized carbons (Fsp3) is 0.457. The Morgan fingerprint density at radius 1 is 1.00 bits per heavy atom. The Bertz CT molecular complexity index is 1540. The standard InChI is InChI=1S/C35H47N3O6S/c1-6-19-35(20-7-2)28-15-11-12-16-30(28)38(33(40)44-35)22-21-34(3,4)36-24-31(39)27-17-18-32(29(23-27)37-45(5,41)42)43-25-26-13-9-8-10-14-26/h8-18,23,31,36-37,39H,6-7,19-22,24-25H2,1-5H3. The first kappa shape index (κ1) is 34.3. The summed E-state index contributed by atoms with van der Waals surface area (Å²) in [4.78, 5) is 15.1. The van der Waals surface area contributed by atoms with Crippen LogP contribution in [0.3, 0.4) is 0 Å². The fourth-order valence-corrected chi connectivity index (χ4v) is 6.41. The van der Waals surface area contributed by atoms with Gasteiger partial charge in [0.05, 0.1) is 23.7 Å². The first-order valence-electron chi connectivity index (χ1n) is 15.7. The maximum Gasteiger partial charge on any atom is 0.415 e. The second kappa shape index (κ2) is 14.7. The molecule has 45 heavy (non-hydrogen) atoms. The van der Waals surface area contributed by atoms with Gasteiger partial charge in [0.2, 0.25) is 10.0 Å². The number of hydrogen-bond acceptors (Lipinski definition) is 7. The summed E-state index contributed by atoms with van der Waals surface area (Å²) in [6, 6.07) is 22.6. The summed E-state index contributed by atoms with van der Waals surface area (Å²) in [5, 5.41) is 14.5. The van der Waals surface area contributed by atoms with Crippen molar-refractivity contribution in [3.63, 3.8) is 0 Å². The number of β-amino-alcohol motifs (C(OH)–C–C–N with tert-alkyl or cyclic N) is 1. The number of rotatable bonds is 16. The lowest BCUT2D eigenvalue weighted by Crippen LogP contribution is -2.49. The summed E-state index contributed by atoms with van der Waals surface area (Å²) >= 11 is 0. The fourth-order valence-electron chi connectivity index (χ4n) is 5.85. The third-order valence-electron chi connectivity index (χ3n) is 8.15. The van der Waals surface area contributed by atoms with Crippen LogP contribution in [0.2, 0.25) is 0 Å². The highest BCUT2D eigenvalue weighted by Gasteiger charge is 2.43. The van der Waals surface area contributed by atoms with Gasteiger partial charge in [0.1, 0.15) is 18.0 Å². The van der Waals surface area contributed by atoms with Gasteiger partial charge >= 0.3 is 6.09 Å². The first-order chi connectivity index (χ1) is 21.4. The summed E-state index contributed by atoms with van der Waals surface area (Å²) in [6.45, 7) is 9.19. The summed E-state index contributed by atoms with van der Waals surface area (Å²) in [6.07, 6.45) is 3.82. The molecule has 0 aliphatic carbocycles. The predicted molar refractivity (Wildman–Crippen MR) is 179 cm³/mol. The minimum atomic E-state index is -3.59. The van der Waals surface area contributed by atoms with Crippen molar-refractivity contribution < 1.29 is 27.8 Å². The van der Waals surface area contributed by atoms with E-state index in [0.717, 1.165) is 48.8 Å². The number of amides is 1. The molecule has 0 saturated heterocycles. The molecule has 0 aromatic heterocycles. The molecule has 1 atom stereocenters. The smallest absolute Gasteiger partial charge is 0.415 e. The number of anilines is 2. The Labute approximate surface area is 268 Å². The Kier molecular flexibility index (Phi) is 11.2. The van der Waals surface area contributed by atoms with E-state index in [2.05, 4.69) is 30.0 Å². The molecule has 3 aromatic rings. The average Bonchev–Trinajstić information content (AvgIpc) is 2.99. The number of nitrogens with zero attached hydrogens (tertiary/aromatic N) is 1. The number of aliphatic hydroxyl groups is 1. The third kappa shape index (κ3) is 8.99. The molecule has 0 spiro atoms. The van der Waals surface area contributed by atoms with Gasteiger partial charge in [-0.15, -0.1) is 0 Å². The van der Waals surface area contributed by atoms with Gasteiger partial charge in [-0.05, 0) is 62.4 Å². The molecule has 1 amide bonds. The van der Waals surface area contributed by atoms with E-state index < -0.39 is 27.3 Å². The Morgan fingerprint density at radius 3 is 2.33 bits per heavy atom. The quantitative estimate of drug-likeness (QED) is 0.157. The van der Waals surface area contributed by atoms with E-state index in [-0.39, 0.29) is 24.9 Å². The second-order valence-corrected chi connectivity index (χ2v) is 14.2. The molecule has 1 aliphatic heterocycles. The molecule has 1 unspecified atom stereocenters. The minimum absolute atomic E-state index is 0.215. The molecule has 0 saturated carbocycles. The lowest BCUT2D eigenvalue weighted by molar-refractivity contribution is -0.00977. The number of nitrogens with one attached hydrogen (secondary N) is 2. The van der Waals surface area contributed by atoms with Gasteiger partial charge in [0, 0.05) is 24.2 Å². The van der Waals surface area contributed by atoms with E-state index in [0.29, 0.717) is 24.3 Å². The first-order valence-corrected chi connectivity index (χ1v) is 17.6. The zero-order valence-electron chi connectivity index (χ0n) is 27.0. The van der Waals surface area contributed by atoms with Crippen molar-refractivity contribution >= 4 is 27.5 Å². The second-order valence-electron chi connectivity index (χ2n) is 12.5. The molecule has 9 nitrogen and oxygen atoms in total. The average molecular weight is 638 g/mol. The third-order valence-corrected chi connectivity index (χ3v) is 8.74. The van der Waals surface area contributed by atoms with Gasteiger partial charge in [0.15, 0.2) is 0 Å². The van der Waals surface area contributed by atoms with Crippen LogP contribution in [0.25, 0.3) is 0 Å². The van der Waals surface area contributed by atoms with Crippen molar-refractivity contribution in [2.45, 2.75) is 83.6 Å². The number of sulfonamides is 1. The minimum Gasteiger partial charge on any atom is -0.487 e. The molecule has 0 radical (unpaired) electrons. The van der Waals surface area contributed by atoms with Crippen LogP contribution in [0, 0.1) is 0 Å². The highest BCUT2D eigenvalue weighted by molar-refractivity contribution is 7.92. The largest absolute Gasteiger partial charge is 0.487 e. The Hall–Kier alpha value is -3.60. The molecule has 244 valence electrons. The molecule has 0 fully saturated rings. The van der Waals surface area contributed by atoms with Crippen LogP contribution in [0.5, 0.6) is 5.75 Å². The zero-order valence-corrected chi connectivity index (χ0v) is 27.8. The van der Waals surface area contributed by atoms with Crippen molar-refractivity contribution in [2.75, 3.05) is 29.0 Å².